The molecule has 0 saturated carbocycles. The minimum absolute atomic E-state index is 0.122. The minimum Gasteiger partial charge on any atom is -0.395 e. The zero-order chi connectivity index (χ0) is 22.5. The van der Waals surface area contributed by atoms with E-state index in [1.54, 1.807) is 41.2 Å². The Morgan fingerprint density at radius 3 is 2.72 bits per heavy atom. The second kappa shape index (κ2) is 9.40. The molecule has 0 radical (unpaired) electrons. The lowest BCUT2D eigenvalue weighted by atomic mass is 10.1. The van der Waals surface area contributed by atoms with E-state index in [9.17, 15) is 9.59 Å². The third-order valence-electron chi connectivity index (χ3n) is 5.09. The number of benzene rings is 2. The number of hydrogen-bond donors (Lipinski definition) is 3. The summed E-state index contributed by atoms with van der Waals surface area (Å²) in [6.45, 7) is 2.05. The third kappa shape index (κ3) is 4.65. The van der Waals surface area contributed by atoms with Crippen LogP contribution in [0.15, 0.2) is 67.1 Å². The number of nitrogens with zero attached hydrogens (tertiary/aromatic N) is 3. The molecule has 8 heteroatoms. The van der Waals surface area contributed by atoms with Gasteiger partial charge in [0.25, 0.3) is 5.91 Å². The Balaban J connectivity index is 1.57. The number of aryl methyl sites for hydroxylation is 1. The van der Waals surface area contributed by atoms with Crippen molar-refractivity contribution >= 4 is 23.3 Å². The van der Waals surface area contributed by atoms with Gasteiger partial charge >= 0.3 is 0 Å². The van der Waals surface area contributed by atoms with Gasteiger partial charge in [-0.15, -0.1) is 0 Å². The first-order chi connectivity index (χ1) is 15.5. The van der Waals surface area contributed by atoms with Crippen LogP contribution in [0.5, 0.6) is 0 Å². The lowest BCUT2D eigenvalue weighted by Gasteiger charge is -2.09. The van der Waals surface area contributed by atoms with Gasteiger partial charge in [0.1, 0.15) is 5.82 Å². The molecular weight excluding hydrogens is 406 g/mol. The second-order valence-electron chi connectivity index (χ2n) is 7.36. The molecule has 0 spiro atoms. The highest BCUT2D eigenvalue weighted by atomic mass is 16.3. The van der Waals surface area contributed by atoms with Crippen LogP contribution in [-0.4, -0.2) is 44.4 Å². The molecule has 0 aliphatic heterocycles. The van der Waals surface area contributed by atoms with Gasteiger partial charge in [-0.2, -0.15) is 0 Å². The molecule has 0 bridgehead atoms. The Morgan fingerprint density at radius 1 is 1.06 bits per heavy atom. The summed E-state index contributed by atoms with van der Waals surface area (Å²) in [6.07, 6.45) is 5.25. The van der Waals surface area contributed by atoms with Crippen LogP contribution in [0.3, 0.4) is 0 Å². The van der Waals surface area contributed by atoms with Crippen LogP contribution in [0.1, 0.15) is 21.5 Å². The van der Waals surface area contributed by atoms with Crippen molar-refractivity contribution in [2.45, 2.75) is 13.3 Å². The largest absolute Gasteiger partial charge is 0.395 e. The molecule has 32 heavy (non-hydrogen) atoms. The van der Waals surface area contributed by atoms with Crippen LogP contribution < -0.4 is 10.6 Å². The number of amides is 2. The van der Waals surface area contributed by atoms with Crippen molar-refractivity contribution in [2.75, 3.05) is 18.5 Å². The summed E-state index contributed by atoms with van der Waals surface area (Å²) in [6, 6.07) is 14.8. The maximum absolute atomic E-state index is 12.6. The fourth-order valence-corrected chi connectivity index (χ4v) is 3.39. The normalized spacial score (nSPS) is 10.8. The van der Waals surface area contributed by atoms with Crippen LogP contribution in [0.25, 0.3) is 16.9 Å². The van der Waals surface area contributed by atoms with Crippen LogP contribution in [0.4, 0.5) is 5.82 Å². The number of carbonyl (C=O) groups excluding carboxylic acids is 2. The highest BCUT2D eigenvalue weighted by molar-refractivity contribution is 5.95. The van der Waals surface area contributed by atoms with E-state index >= 15 is 0 Å². The molecule has 2 aromatic heterocycles. The summed E-state index contributed by atoms with van der Waals surface area (Å²) in [4.78, 5) is 33.6. The molecule has 2 heterocycles. The van der Waals surface area contributed by atoms with Crippen molar-refractivity contribution in [3.8, 4) is 11.3 Å². The summed E-state index contributed by atoms with van der Waals surface area (Å²) in [5.74, 6) is 0.134. The van der Waals surface area contributed by atoms with Crippen molar-refractivity contribution in [3.05, 3.63) is 83.8 Å². The molecule has 4 aromatic rings. The molecule has 162 valence electrons. The minimum atomic E-state index is -0.270. The standard InChI is InChI=1S/C24H23N5O3/c1-16-5-2-3-6-17(16)12-23(31)28-22-14-27-21-13-26-20(15-29(21)22)18-7-4-8-19(11-18)24(32)25-9-10-30/h2-8,11,13-15,30H,9-10,12H2,1H3,(H,25,32)(H,28,31). The topological polar surface area (TPSA) is 109 Å². The number of imidazole rings is 1. The summed E-state index contributed by atoms with van der Waals surface area (Å²) < 4.78 is 1.76. The van der Waals surface area contributed by atoms with Gasteiger partial charge in [0.2, 0.25) is 5.91 Å². The van der Waals surface area contributed by atoms with Crippen molar-refractivity contribution in [2.24, 2.45) is 0 Å². The Bertz CT molecular complexity index is 1280. The smallest absolute Gasteiger partial charge is 0.251 e. The van der Waals surface area contributed by atoms with Crippen LogP contribution in [0.2, 0.25) is 0 Å². The first kappa shape index (κ1) is 21.2. The number of fused-ring (bicyclic) bond motifs is 1. The Kier molecular flexibility index (Phi) is 6.23. The summed E-state index contributed by atoms with van der Waals surface area (Å²) in [5, 5.41) is 14.4. The lowest BCUT2D eigenvalue weighted by molar-refractivity contribution is -0.115. The molecule has 0 aliphatic carbocycles. The maximum Gasteiger partial charge on any atom is 0.251 e. The highest BCUT2D eigenvalue weighted by Crippen LogP contribution is 2.21. The number of anilines is 1. The molecule has 3 N–H and O–H groups in total. The van der Waals surface area contributed by atoms with Crippen LogP contribution in [-0.2, 0) is 11.2 Å². The summed E-state index contributed by atoms with van der Waals surface area (Å²) >= 11 is 0. The Hall–Kier alpha value is -4.04. The molecule has 0 fully saturated rings. The van der Waals surface area contributed by atoms with Gasteiger partial charge in [-0.25, -0.2) is 4.98 Å². The molecule has 2 amide bonds. The second-order valence-corrected chi connectivity index (χ2v) is 7.36. The van der Waals surface area contributed by atoms with Gasteiger partial charge in [-0.05, 0) is 30.2 Å². The van der Waals surface area contributed by atoms with Crippen molar-refractivity contribution < 1.29 is 14.7 Å². The molecule has 0 aliphatic rings. The number of hydrogen-bond acceptors (Lipinski definition) is 5. The number of aromatic nitrogens is 3. The number of rotatable bonds is 7. The van der Waals surface area contributed by atoms with Crippen molar-refractivity contribution in [1.29, 1.82) is 0 Å². The third-order valence-corrected chi connectivity index (χ3v) is 5.09. The van der Waals surface area contributed by atoms with E-state index in [0.717, 1.165) is 16.7 Å². The average Bonchev–Trinajstić information content (AvgIpc) is 3.21. The molecule has 0 unspecified atom stereocenters. The number of aliphatic hydroxyl groups excluding tert-OH is 1. The first-order valence-corrected chi connectivity index (χ1v) is 10.2. The van der Waals surface area contributed by atoms with Gasteiger partial charge in [0, 0.05) is 23.9 Å². The fourth-order valence-electron chi connectivity index (χ4n) is 3.39. The monoisotopic (exact) mass is 429 g/mol. The quantitative estimate of drug-likeness (QED) is 0.418. The predicted octanol–water partition coefficient (Wildman–Crippen LogP) is 2.61. The van der Waals surface area contributed by atoms with Crippen molar-refractivity contribution in [3.63, 3.8) is 0 Å². The van der Waals surface area contributed by atoms with E-state index in [1.807, 2.05) is 37.3 Å². The van der Waals surface area contributed by atoms with Crippen LogP contribution in [0, 0.1) is 6.92 Å². The van der Waals surface area contributed by atoms with E-state index < -0.39 is 0 Å². The highest BCUT2D eigenvalue weighted by Gasteiger charge is 2.12. The number of carbonyl (C=O) groups is 2. The first-order valence-electron chi connectivity index (χ1n) is 10.2. The fraction of sp³-hybridized carbons (Fsp3) is 0.167. The van der Waals surface area contributed by atoms with E-state index in [0.29, 0.717) is 22.7 Å². The zero-order valence-corrected chi connectivity index (χ0v) is 17.6. The molecule has 0 saturated heterocycles. The molecule has 4 rings (SSSR count). The van der Waals surface area contributed by atoms with E-state index in [-0.39, 0.29) is 31.4 Å². The van der Waals surface area contributed by atoms with E-state index in [1.165, 1.54) is 0 Å². The van der Waals surface area contributed by atoms with Crippen molar-refractivity contribution in [1.82, 2.24) is 19.7 Å². The Morgan fingerprint density at radius 2 is 1.91 bits per heavy atom. The van der Waals surface area contributed by atoms with Gasteiger partial charge in [0.15, 0.2) is 5.65 Å². The summed E-state index contributed by atoms with van der Waals surface area (Å²) in [5.41, 5.74) is 4.47. The van der Waals surface area contributed by atoms with Gasteiger partial charge in [-0.1, -0.05) is 36.4 Å². The number of aliphatic hydroxyl groups is 1. The lowest BCUT2D eigenvalue weighted by Crippen LogP contribution is -2.26. The molecule has 0 atom stereocenters. The predicted molar refractivity (Wildman–Crippen MR) is 121 cm³/mol. The molecule has 2 aromatic carbocycles. The van der Waals surface area contributed by atoms with Gasteiger partial charge in [-0.3, -0.25) is 19.0 Å². The molecule has 8 nitrogen and oxygen atoms in total. The molecular formula is C24H23N5O3. The summed E-state index contributed by atoms with van der Waals surface area (Å²) in [7, 11) is 0. The van der Waals surface area contributed by atoms with Gasteiger partial charge in [0.05, 0.1) is 31.1 Å². The Labute approximate surface area is 185 Å². The van der Waals surface area contributed by atoms with E-state index in [4.69, 9.17) is 5.11 Å². The maximum atomic E-state index is 12.6. The SMILES string of the molecule is Cc1ccccc1CC(=O)Nc1cnc2cnc(-c3cccc(C(=O)NCCO)c3)cn12. The van der Waals surface area contributed by atoms with Crippen LogP contribution >= 0.6 is 0 Å². The van der Waals surface area contributed by atoms with E-state index in [2.05, 4.69) is 20.6 Å². The average molecular weight is 429 g/mol. The van der Waals surface area contributed by atoms with Gasteiger partial charge < -0.3 is 15.7 Å². The number of nitrogens with one attached hydrogen (secondary N) is 2. The zero-order valence-electron chi connectivity index (χ0n) is 17.6.